The number of guanidine groups is 1. The molecule has 0 bridgehead atoms. The molecule has 3 aliphatic rings. The van der Waals surface area contributed by atoms with Crippen molar-refractivity contribution in [3.8, 4) is 5.75 Å². The van der Waals surface area contributed by atoms with Gasteiger partial charge in [-0.15, -0.1) is 0 Å². The van der Waals surface area contributed by atoms with Crippen molar-refractivity contribution >= 4 is 16.0 Å². The van der Waals surface area contributed by atoms with Crippen LogP contribution in [0.2, 0.25) is 0 Å². The van der Waals surface area contributed by atoms with Crippen LogP contribution in [0.25, 0.3) is 0 Å². The van der Waals surface area contributed by atoms with Gasteiger partial charge in [-0.2, -0.15) is 4.31 Å². The number of benzene rings is 1. The Hall–Kier alpha value is -1.80. The van der Waals surface area contributed by atoms with Gasteiger partial charge in [0.1, 0.15) is 11.4 Å². The van der Waals surface area contributed by atoms with E-state index in [1.54, 1.807) is 11.4 Å². The van der Waals surface area contributed by atoms with Gasteiger partial charge < -0.3 is 15.4 Å². The molecule has 2 heterocycles. The Morgan fingerprint density at radius 2 is 2.03 bits per heavy atom. The van der Waals surface area contributed by atoms with Gasteiger partial charge in [0, 0.05) is 38.2 Å². The van der Waals surface area contributed by atoms with Crippen molar-refractivity contribution in [3.05, 3.63) is 29.8 Å². The van der Waals surface area contributed by atoms with Crippen LogP contribution in [0.3, 0.4) is 0 Å². The van der Waals surface area contributed by atoms with Gasteiger partial charge in [0.2, 0.25) is 10.0 Å². The second kappa shape index (κ2) is 8.14. The second-order valence-corrected chi connectivity index (χ2v) is 10.5. The van der Waals surface area contributed by atoms with Crippen molar-refractivity contribution in [1.29, 1.82) is 0 Å². The highest BCUT2D eigenvalue weighted by Gasteiger charge is 2.43. The van der Waals surface area contributed by atoms with Crippen molar-refractivity contribution in [2.45, 2.75) is 62.6 Å². The molecule has 0 amide bonds. The number of nitrogens with one attached hydrogen (secondary N) is 2. The molecule has 4 rings (SSSR count). The van der Waals surface area contributed by atoms with E-state index < -0.39 is 10.0 Å². The Balaban J connectivity index is 1.45. The lowest BCUT2D eigenvalue weighted by Gasteiger charge is -2.40. The van der Waals surface area contributed by atoms with Crippen LogP contribution in [0.15, 0.2) is 29.3 Å². The van der Waals surface area contributed by atoms with Gasteiger partial charge in [0.25, 0.3) is 0 Å². The van der Waals surface area contributed by atoms with E-state index in [1.165, 1.54) is 19.1 Å². The van der Waals surface area contributed by atoms with E-state index in [2.05, 4.69) is 27.8 Å². The highest BCUT2D eigenvalue weighted by atomic mass is 32.2. The minimum atomic E-state index is -3.17. The Morgan fingerprint density at radius 1 is 1.28 bits per heavy atom. The second-order valence-electron chi connectivity index (χ2n) is 8.55. The SMILES string of the molecule is CN=C(NC[C@H]1CCCN1S(C)(=O)=O)NC1CC2(CCCC2)Oc2ccccc21. The van der Waals surface area contributed by atoms with Gasteiger partial charge in [-0.3, -0.25) is 4.99 Å². The quantitative estimate of drug-likeness (QED) is 0.577. The van der Waals surface area contributed by atoms with Crippen molar-refractivity contribution in [2.75, 3.05) is 26.4 Å². The van der Waals surface area contributed by atoms with E-state index in [4.69, 9.17) is 4.74 Å². The third kappa shape index (κ3) is 4.38. The molecular formula is C21H32N4O3S. The Morgan fingerprint density at radius 3 is 2.76 bits per heavy atom. The highest BCUT2D eigenvalue weighted by Crippen LogP contribution is 2.46. The normalized spacial score (nSPS) is 26.9. The highest BCUT2D eigenvalue weighted by molar-refractivity contribution is 7.88. The number of hydrogen-bond donors (Lipinski definition) is 2. The van der Waals surface area contributed by atoms with Crippen LogP contribution >= 0.6 is 0 Å². The molecule has 1 spiro atoms. The first-order chi connectivity index (χ1) is 13.9. The molecule has 1 saturated heterocycles. The topological polar surface area (TPSA) is 83.0 Å². The molecule has 0 radical (unpaired) electrons. The summed E-state index contributed by atoms with van der Waals surface area (Å²) in [5.41, 5.74) is 1.08. The standard InChI is InChI=1S/C21H32N4O3S/c1-22-20(23-15-16-8-7-13-25(16)29(2,26)27)24-18-14-21(11-5-6-12-21)28-19-10-4-3-9-17(18)19/h3-4,9-10,16,18H,5-8,11-15H2,1-2H3,(H2,22,23,24)/t16-,18?/m1/s1. The van der Waals surface area contributed by atoms with E-state index in [0.29, 0.717) is 19.0 Å². The van der Waals surface area contributed by atoms with Gasteiger partial charge in [-0.05, 0) is 44.6 Å². The molecule has 8 heteroatoms. The van der Waals surface area contributed by atoms with Crippen LogP contribution in [-0.4, -0.2) is 56.7 Å². The van der Waals surface area contributed by atoms with Crippen molar-refractivity contribution in [2.24, 2.45) is 4.99 Å². The zero-order chi connectivity index (χ0) is 20.5. The van der Waals surface area contributed by atoms with Crippen LogP contribution < -0.4 is 15.4 Å². The maximum absolute atomic E-state index is 12.0. The molecule has 2 aliphatic heterocycles. The Labute approximate surface area is 174 Å². The van der Waals surface area contributed by atoms with E-state index in [9.17, 15) is 8.42 Å². The molecule has 7 nitrogen and oxygen atoms in total. The maximum Gasteiger partial charge on any atom is 0.211 e. The predicted molar refractivity (Wildman–Crippen MR) is 115 cm³/mol. The fourth-order valence-electron chi connectivity index (χ4n) is 5.10. The number of hydrogen-bond acceptors (Lipinski definition) is 4. The minimum Gasteiger partial charge on any atom is -0.487 e. The van der Waals surface area contributed by atoms with Gasteiger partial charge in [0.15, 0.2) is 5.96 Å². The van der Waals surface area contributed by atoms with Crippen LogP contribution in [-0.2, 0) is 10.0 Å². The molecule has 1 aromatic rings. The summed E-state index contributed by atoms with van der Waals surface area (Å²) in [6.45, 7) is 1.16. The molecule has 160 valence electrons. The first kappa shape index (κ1) is 20.5. The number of nitrogens with zero attached hydrogens (tertiary/aromatic N) is 2. The van der Waals surface area contributed by atoms with Gasteiger partial charge in [-0.1, -0.05) is 18.2 Å². The third-order valence-electron chi connectivity index (χ3n) is 6.50. The first-order valence-corrected chi connectivity index (χ1v) is 12.5. The van der Waals surface area contributed by atoms with Crippen LogP contribution in [0, 0.1) is 0 Å². The lowest BCUT2D eigenvalue weighted by Crippen LogP contribution is -2.49. The molecule has 29 heavy (non-hydrogen) atoms. The van der Waals surface area contributed by atoms with E-state index in [1.807, 2.05) is 12.1 Å². The average molecular weight is 421 g/mol. The molecule has 2 N–H and O–H groups in total. The number of aliphatic imine (C=N–C) groups is 1. The summed E-state index contributed by atoms with van der Waals surface area (Å²) in [7, 11) is -1.41. The number of rotatable bonds is 4. The summed E-state index contributed by atoms with van der Waals surface area (Å²) in [6, 6.07) is 8.34. The van der Waals surface area contributed by atoms with Gasteiger partial charge in [0.05, 0.1) is 12.3 Å². The van der Waals surface area contributed by atoms with E-state index in [-0.39, 0.29) is 17.7 Å². The van der Waals surface area contributed by atoms with Crippen molar-refractivity contribution in [3.63, 3.8) is 0 Å². The fourth-order valence-corrected chi connectivity index (χ4v) is 6.28. The van der Waals surface area contributed by atoms with Crippen LogP contribution in [0.1, 0.15) is 56.6 Å². The summed E-state index contributed by atoms with van der Waals surface area (Å²) >= 11 is 0. The molecule has 0 aromatic heterocycles. The molecule has 1 aliphatic carbocycles. The lowest BCUT2D eigenvalue weighted by atomic mass is 9.86. The first-order valence-electron chi connectivity index (χ1n) is 10.6. The molecule has 2 atom stereocenters. The van der Waals surface area contributed by atoms with Gasteiger partial charge >= 0.3 is 0 Å². The van der Waals surface area contributed by atoms with E-state index >= 15 is 0 Å². The molecule has 2 fully saturated rings. The number of para-hydroxylation sites is 1. The van der Waals surface area contributed by atoms with E-state index in [0.717, 1.165) is 43.4 Å². The summed E-state index contributed by atoms with van der Waals surface area (Å²) in [5, 5.41) is 6.94. The molecular weight excluding hydrogens is 388 g/mol. The van der Waals surface area contributed by atoms with Crippen LogP contribution in [0.5, 0.6) is 5.75 Å². The monoisotopic (exact) mass is 420 g/mol. The maximum atomic E-state index is 12.0. The zero-order valence-corrected chi connectivity index (χ0v) is 18.2. The fraction of sp³-hybridized carbons (Fsp3) is 0.667. The minimum absolute atomic E-state index is 0.0216. The Bertz CT molecular complexity index is 864. The summed E-state index contributed by atoms with van der Waals surface area (Å²) in [5.74, 6) is 1.67. The summed E-state index contributed by atoms with van der Waals surface area (Å²) < 4.78 is 32.0. The third-order valence-corrected chi connectivity index (χ3v) is 7.83. The van der Waals surface area contributed by atoms with Gasteiger partial charge in [-0.25, -0.2) is 8.42 Å². The smallest absolute Gasteiger partial charge is 0.211 e. The average Bonchev–Trinajstić information content (AvgIpc) is 3.34. The largest absolute Gasteiger partial charge is 0.487 e. The Kier molecular flexibility index (Phi) is 5.75. The molecule has 1 aromatic carbocycles. The summed E-state index contributed by atoms with van der Waals surface area (Å²) in [6.07, 6.45) is 8.60. The van der Waals surface area contributed by atoms with Crippen LogP contribution in [0.4, 0.5) is 0 Å². The zero-order valence-electron chi connectivity index (χ0n) is 17.4. The predicted octanol–water partition coefficient (Wildman–Crippen LogP) is 2.41. The van der Waals surface area contributed by atoms with Crippen molar-refractivity contribution in [1.82, 2.24) is 14.9 Å². The molecule has 1 unspecified atom stereocenters. The number of sulfonamides is 1. The lowest BCUT2D eigenvalue weighted by molar-refractivity contribution is 0.0396. The molecule has 1 saturated carbocycles. The van der Waals surface area contributed by atoms with Crippen molar-refractivity contribution < 1.29 is 13.2 Å². The number of fused-ring (bicyclic) bond motifs is 1. The summed E-state index contributed by atoms with van der Waals surface area (Å²) in [4.78, 5) is 4.40. The number of ether oxygens (including phenoxy) is 1.